The fraction of sp³-hybridized carbons (Fsp3) is 0.462. The molecule has 0 aliphatic heterocycles. The first-order chi connectivity index (χ1) is 7.02. The minimum atomic E-state index is -0.351. The standard InChI is InChI=1S/C13H18O2/c1-5-13(14)11(4)15-12-7-9(2)6-10(3)8-12/h6-8,11H,5H2,1-4H3. The SMILES string of the molecule is CCC(=O)C(C)Oc1cc(C)cc(C)c1. The van der Waals surface area contributed by atoms with Gasteiger partial charge in [0.15, 0.2) is 11.9 Å². The average molecular weight is 206 g/mol. The van der Waals surface area contributed by atoms with E-state index in [2.05, 4.69) is 6.07 Å². The van der Waals surface area contributed by atoms with E-state index in [1.54, 1.807) is 6.92 Å². The van der Waals surface area contributed by atoms with Gasteiger partial charge in [0.2, 0.25) is 0 Å². The van der Waals surface area contributed by atoms with Crippen LogP contribution in [0.15, 0.2) is 18.2 Å². The third-order valence-electron chi connectivity index (χ3n) is 2.31. The van der Waals surface area contributed by atoms with Crippen LogP contribution in [0, 0.1) is 13.8 Å². The van der Waals surface area contributed by atoms with Crippen LogP contribution in [0.4, 0.5) is 0 Å². The number of hydrogen-bond acceptors (Lipinski definition) is 2. The second-order valence-electron chi connectivity index (χ2n) is 3.90. The highest BCUT2D eigenvalue weighted by atomic mass is 16.5. The lowest BCUT2D eigenvalue weighted by molar-refractivity contribution is -0.124. The number of hydrogen-bond donors (Lipinski definition) is 0. The summed E-state index contributed by atoms with van der Waals surface area (Å²) in [4.78, 5) is 11.4. The fourth-order valence-electron chi connectivity index (χ4n) is 1.56. The Kier molecular flexibility index (Phi) is 3.89. The highest BCUT2D eigenvalue weighted by molar-refractivity contribution is 5.82. The quantitative estimate of drug-likeness (QED) is 0.756. The number of carbonyl (C=O) groups is 1. The molecule has 1 aromatic rings. The van der Waals surface area contributed by atoms with E-state index < -0.39 is 0 Å². The van der Waals surface area contributed by atoms with Crippen LogP contribution in [0.25, 0.3) is 0 Å². The molecule has 1 aromatic carbocycles. The predicted octanol–water partition coefficient (Wildman–Crippen LogP) is 3.05. The van der Waals surface area contributed by atoms with Crippen molar-refractivity contribution in [2.75, 3.05) is 0 Å². The second-order valence-corrected chi connectivity index (χ2v) is 3.90. The maximum absolute atomic E-state index is 11.4. The van der Waals surface area contributed by atoms with Crippen LogP contribution in [0.3, 0.4) is 0 Å². The van der Waals surface area contributed by atoms with Crippen LogP contribution in [0.5, 0.6) is 5.75 Å². The van der Waals surface area contributed by atoms with Gasteiger partial charge in [-0.15, -0.1) is 0 Å². The van der Waals surface area contributed by atoms with Gasteiger partial charge in [0.1, 0.15) is 5.75 Å². The summed E-state index contributed by atoms with van der Waals surface area (Å²) >= 11 is 0. The lowest BCUT2D eigenvalue weighted by Gasteiger charge is -2.13. The molecule has 0 N–H and O–H groups in total. The van der Waals surface area contributed by atoms with Crippen molar-refractivity contribution < 1.29 is 9.53 Å². The summed E-state index contributed by atoms with van der Waals surface area (Å²) in [7, 11) is 0. The van der Waals surface area contributed by atoms with Crippen molar-refractivity contribution in [1.29, 1.82) is 0 Å². The third-order valence-corrected chi connectivity index (χ3v) is 2.31. The Morgan fingerprint density at radius 3 is 2.27 bits per heavy atom. The van der Waals surface area contributed by atoms with E-state index >= 15 is 0 Å². The van der Waals surface area contributed by atoms with Gasteiger partial charge in [0.05, 0.1) is 0 Å². The number of ketones is 1. The van der Waals surface area contributed by atoms with Crippen molar-refractivity contribution >= 4 is 5.78 Å². The van der Waals surface area contributed by atoms with Crippen LogP contribution in [-0.4, -0.2) is 11.9 Å². The van der Waals surface area contributed by atoms with Crippen LogP contribution in [-0.2, 0) is 4.79 Å². The zero-order chi connectivity index (χ0) is 11.4. The predicted molar refractivity (Wildman–Crippen MR) is 61.3 cm³/mol. The van der Waals surface area contributed by atoms with Gasteiger partial charge >= 0.3 is 0 Å². The molecule has 2 heteroatoms. The zero-order valence-corrected chi connectivity index (χ0v) is 9.83. The Morgan fingerprint density at radius 1 is 1.27 bits per heavy atom. The minimum Gasteiger partial charge on any atom is -0.483 e. The van der Waals surface area contributed by atoms with Gasteiger partial charge in [-0.2, -0.15) is 0 Å². The maximum Gasteiger partial charge on any atom is 0.172 e. The Balaban J connectivity index is 2.76. The molecular formula is C13H18O2. The minimum absolute atomic E-state index is 0.133. The molecule has 0 saturated heterocycles. The van der Waals surface area contributed by atoms with Crippen molar-refractivity contribution in [3.05, 3.63) is 29.3 Å². The van der Waals surface area contributed by atoms with E-state index in [1.807, 2.05) is 32.9 Å². The van der Waals surface area contributed by atoms with E-state index in [1.165, 1.54) is 0 Å². The summed E-state index contributed by atoms with van der Waals surface area (Å²) in [5, 5.41) is 0. The summed E-state index contributed by atoms with van der Waals surface area (Å²) in [6, 6.07) is 5.98. The van der Waals surface area contributed by atoms with E-state index in [-0.39, 0.29) is 11.9 Å². The monoisotopic (exact) mass is 206 g/mol. The van der Waals surface area contributed by atoms with Gasteiger partial charge in [0.25, 0.3) is 0 Å². The van der Waals surface area contributed by atoms with Crippen LogP contribution in [0.1, 0.15) is 31.4 Å². The number of Topliss-reactive ketones (excluding diaryl/α,β-unsaturated/α-hetero) is 1. The second kappa shape index (κ2) is 4.96. The molecular weight excluding hydrogens is 188 g/mol. The van der Waals surface area contributed by atoms with Gasteiger partial charge in [-0.05, 0) is 44.0 Å². The summed E-state index contributed by atoms with van der Waals surface area (Å²) in [6.45, 7) is 7.69. The van der Waals surface area contributed by atoms with E-state index in [0.717, 1.165) is 16.9 Å². The first-order valence-electron chi connectivity index (χ1n) is 5.30. The largest absolute Gasteiger partial charge is 0.483 e. The lowest BCUT2D eigenvalue weighted by atomic mass is 10.1. The Bertz CT molecular complexity index is 335. The fourth-order valence-corrected chi connectivity index (χ4v) is 1.56. The summed E-state index contributed by atoms with van der Waals surface area (Å²) in [5.41, 5.74) is 2.31. The van der Waals surface area contributed by atoms with E-state index in [9.17, 15) is 4.79 Å². The molecule has 0 amide bonds. The normalized spacial score (nSPS) is 12.3. The van der Waals surface area contributed by atoms with Gasteiger partial charge in [-0.3, -0.25) is 4.79 Å². The molecule has 0 aliphatic rings. The van der Waals surface area contributed by atoms with Gasteiger partial charge in [0, 0.05) is 6.42 Å². The molecule has 0 saturated carbocycles. The Morgan fingerprint density at radius 2 is 1.80 bits per heavy atom. The third kappa shape index (κ3) is 3.39. The average Bonchev–Trinajstić information content (AvgIpc) is 2.14. The van der Waals surface area contributed by atoms with Crippen molar-refractivity contribution in [3.63, 3.8) is 0 Å². The topological polar surface area (TPSA) is 26.3 Å². The van der Waals surface area contributed by atoms with Crippen molar-refractivity contribution in [1.82, 2.24) is 0 Å². The first kappa shape index (κ1) is 11.8. The molecule has 0 radical (unpaired) electrons. The zero-order valence-electron chi connectivity index (χ0n) is 9.83. The number of carbonyl (C=O) groups excluding carboxylic acids is 1. The van der Waals surface area contributed by atoms with Crippen molar-refractivity contribution in [3.8, 4) is 5.75 Å². The molecule has 0 heterocycles. The Labute approximate surface area is 91.3 Å². The van der Waals surface area contributed by atoms with Gasteiger partial charge in [-0.25, -0.2) is 0 Å². The molecule has 0 fully saturated rings. The number of aryl methyl sites for hydroxylation is 2. The van der Waals surface area contributed by atoms with E-state index in [4.69, 9.17) is 4.74 Å². The molecule has 1 atom stereocenters. The summed E-state index contributed by atoms with van der Waals surface area (Å²) in [6.07, 6.45) is 0.169. The van der Waals surface area contributed by atoms with Crippen LogP contribution in [0.2, 0.25) is 0 Å². The van der Waals surface area contributed by atoms with Crippen LogP contribution >= 0.6 is 0 Å². The lowest BCUT2D eigenvalue weighted by Crippen LogP contribution is -2.22. The molecule has 82 valence electrons. The van der Waals surface area contributed by atoms with E-state index in [0.29, 0.717) is 6.42 Å². The first-order valence-corrected chi connectivity index (χ1v) is 5.30. The molecule has 1 unspecified atom stereocenters. The highest BCUT2D eigenvalue weighted by Gasteiger charge is 2.12. The Hall–Kier alpha value is -1.31. The number of benzene rings is 1. The number of rotatable bonds is 4. The summed E-state index contributed by atoms with van der Waals surface area (Å²) in [5.74, 6) is 0.913. The molecule has 0 bridgehead atoms. The maximum atomic E-state index is 11.4. The highest BCUT2D eigenvalue weighted by Crippen LogP contribution is 2.17. The smallest absolute Gasteiger partial charge is 0.172 e. The summed E-state index contributed by atoms with van der Waals surface area (Å²) < 4.78 is 5.58. The molecule has 2 nitrogen and oxygen atoms in total. The molecule has 0 spiro atoms. The molecule has 15 heavy (non-hydrogen) atoms. The molecule has 1 rings (SSSR count). The number of ether oxygens (including phenoxy) is 1. The molecule has 0 aliphatic carbocycles. The van der Waals surface area contributed by atoms with Crippen LogP contribution < -0.4 is 4.74 Å². The van der Waals surface area contributed by atoms with Gasteiger partial charge in [-0.1, -0.05) is 13.0 Å². The van der Waals surface area contributed by atoms with Crippen molar-refractivity contribution in [2.24, 2.45) is 0 Å². The van der Waals surface area contributed by atoms with Gasteiger partial charge < -0.3 is 4.74 Å². The molecule has 0 aromatic heterocycles. The van der Waals surface area contributed by atoms with Crippen molar-refractivity contribution in [2.45, 2.75) is 40.2 Å².